The highest BCUT2D eigenvalue weighted by molar-refractivity contribution is 6.31. The predicted molar refractivity (Wildman–Crippen MR) is 68.8 cm³/mol. The Kier molecular flexibility index (Phi) is 4.97. The van der Waals surface area contributed by atoms with Crippen LogP contribution in [0.5, 0.6) is 0 Å². The Hall–Kier alpha value is -0.690. The molecule has 0 aromatic heterocycles. The number of hydrogen-bond acceptors (Lipinski definition) is 1. The van der Waals surface area contributed by atoms with Gasteiger partial charge in [-0.3, -0.25) is 0 Å². The van der Waals surface area contributed by atoms with E-state index in [9.17, 15) is 0 Å². The van der Waals surface area contributed by atoms with Gasteiger partial charge in [0.15, 0.2) is 0 Å². The second kappa shape index (κ2) is 6.02. The molecule has 0 bridgehead atoms. The van der Waals surface area contributed by atoms with Gasteiger partial charge >= 0.3 is 0 Å². The molecule has 1 aromatic rings. The van der Waals surface area contributed by atoms with E-state index >= 15 is 0 Å². The second-order valence-corrected chi connectivity index (χ2v) is 4.41. The van der Waals surface area contributed by atoms with Crippen LogP contribution in [0.25, 0.3) is 0 Å². The van der Waals surface area contributed by atoms with Crippen LogP contribution in [0.4, 0.5) is 5.69 Å². The van der Waals surface area contributed by atoms with E-state index in [0.29, 0.717) is 6.04 Å². The Morgan fingerprint density at radius 3 is 2.60 bits per heavy atom. The lowest BCUT2D eigenvalue weighted by atomic mass is 10.1. The summed E-state index contributed by atoms with van der Waals surface area (Å²) >= 11 is 6.08. The monoisotopic (exact) mass is 225 g/mol. The van der Waals surface area contributed by atoms with Gasteiger partial charge in [-0.1, -0.05) is 37.9 Å². The molecule has 1 unspecified atom stereocenters. The first kappa shape index (κ1) is 12.4. The van der Waals surface area contributed by atoms with Crippen LogP contribution in [-0.4, -0.2) is 6.04 Å². The van der Waals surface area contributed by atoms with E-state index in [-0.39, 0.29) is 0 Å². The van der Waals surface area contributed by atoms with Crippen LogP contribution >= 0.6 is 11.6 Å². The van der Waals surface area contributed by atoms with Crippen LogP contribution in [0.15, 0.2) is 18.2 Å². The molecular formula is C13H20ClN. The minimum absolute atomic E-state index is 0.564. The first-order chi connectivity index (χ1) is 7.17. The van der Waals surface area contributed by atoms with Crippen molar-refractivity contribution in [2.75, 3.05) is 5.32 Å². The lowest BCUT2D eigenvalue weighted by Gasteiger charge is -2.17. The molecule has 0 aliphatic heterocycles. The number of hydrogen-bond donors (Lipinski definition) is 1. The van der Waals surface area contributed by atoms with E-state index in [0.717, 1.165) is 22.7 Å². The number of anilines is 1. The van der Waals surface area contributed by atoms with Crippen molar-refractivity contribution < 1.29 is 0 Å². The van der Waals surface area contributed by atoms with Crippen molar-refractivity contribution in [3.05, 3.63) is 28.8 Å². The molecule has 0 saturated carbocycles. The van der Waals surface area contributed by atoms with Crippen molar-refractivity contribution in [2.24, 2.45) is 0 Å². The average molecular weight is 226 g/mol. The fourth-order valence-electron chi connectivity index (χ4n) is 1.65. The van der Waals surface area contributed by atoms with Crippen molar-refractivity contribution in [1.29, 1.82) is 0 Å². The van der Waals surface area contributed by atoms with Crippen molar-refractivity contribution in [2.45, 2.75) is 46.1 Å². The van der Waals surface area contributed by atoms with Crippen LogP contribution < -0.4 is 5.32 Å². The third-order valence-electron chi connectivity index (χ3n) is 2.67. The Balaban J connectivity index is 2.66. The minimum Gasteiger partial charge on any atom is -0.382 e. The van der Waals surface area contributed by atoms with Crippen molar-refractivity contribution in [1.82, 2.24) is 0 Å². The van der Waals surface area contributed by atoms with Gasteiger partial charge in [0, 0.05) is 16.8 Å². The molecule has 0 amide bonds. The van der Waals surface area contributed by atoms with Crippen LogP contribution in [0, 0.1) is 6.92 Å². The maximum absolute atomic E-state index is 6.08. The summed E-state index contributed by atoms with van der Waals surface area (Å²) in [4.78, 5) is 0. The summed E-state index contributed by atoms with van der Waals surface area (Å²) in [5.41, 5.74) is 2.26. The maximum atomic E-state index is 6.08. The summed E-state index contributed by atoms with van der Waals surface area (Å²) in [5, 5.41) is 4.35. The molecule has 0 aliphatic rings. The maximum Gasteiger partial charge on any atom is 0.0455 e. The average Bonchev–Trinajstić information content (AvgIpc) is 2.23. The van der Waals surface area contributed by atoms with E-state index in [2.05, 4.69) is 31.3 Å². The minimum atomic E-state index is 0.564. The Morgan fingerprint density at radius 2 is 2.07 bits per heavy atom. The van der Waals surface area contributed by atoms with E-state index in [1.54, 1.807) is 0 Å². The molecule has 0 spiro atoms. The number of nitrogens with one attached hydrogen (secondary N) is 1. The molecule has 0 saturated heterocycles. The summed E-state index contributed by atoms with van der Waals surface area (Å²) in [6.45, 7) is 6.45. The van der Waals surface area contributed by atoms with Crippen LogP contribution in [0.3, 0.4) is 0 Å². The van der Waals surface area contributed by atoms with E-state index in [1.807, 2.05) is 13.0 Å². The lowest BCUT2D eigenvalue weighted by molar-refractivity contribution is 0.623. The quantitative estimate of drug-likeness (QED) is 0.770. The Morgan fingerprint density at radius 1 is 1.33 bits per heavy atom. The van der Waals surface area contributed by atoms with E-state index in [1.165, 1.54) is 12.8 Å². The molecule has 1 atom stereocenters. The predicted octanol–water partition coefficient (Wildman–Crippen LogP) is 4.64. The van der Waals surface area contributed by atoms with Gasteiger partial charge in [0.2, 0.25) is 0 Å². The molecule has 0 radical (unpaired) electrons. The normalized spacial score (nSPS) is 12.5. The highest BCUT2D eigenvalue weighted by Gasteiger charge is 2.05. The molecule has 84 valence electrons. The largest absolute Gasteiger partial charge is 0.382 e. The van der Waals surface area contributed by atoms with Gasteiger partial charge in [0.25, 0.3) is 0 Å². The van der Waals surface area contributed by atoms with E-state index in [4.69, 9.17) is 11.6 Å². The highest BCUT2D eigenvalue weighted by atomic mass is 35.5. The smallest absolute Gasteiger partial charge is 0.0455 e. The number of aryl methyl sites for hydroxylation is 1. The van der Waals surface area contributed by atoms with Crippen LogP contribution in [0.1, 0.15) is 38.7 Å². The Bertz CT molecular complexity index is 309. The van der Waals surface area contributed by atoms with Gasteiger partial charge in [-0.15, -0.1) is 0 Å². The van der Waals surface area contributed by atoms with Gasteiger partial charge in [-0.25, -0.2) is 0 Å². The summed E-state index contributed by atoms with van der Waals surface area (Å²) in [6, 6.07) is 6.73. The fourth-order valence-corrected chi connectivity index (χ4v) is 1.83. The zero-order valence-corrected chi connectivity index (χ0v) is 10.6. The third-order valence-corrected chi connectivity index (χ3v) is 3.08. The summed E-state index contributed by atoms with van der Waals surface area (Å²) < 4.78 is 0. The van der Waals surface area contributed by atoms with Gasteiger partial charge in [-0.2, -0.15) is 0 Å². The molecule has 1 nitrogen and oxygen atoms in total. The standard InChI is InChI=1S/C13H20ClN/c1-4-6-11(5-2)15-12-8-7-10(3)13(14)9-12/h7-9,11,15H,4-6H2,1-3H3. The fraction of sp³-hybridized carbons (Fsp3) is 0.538. The number of benzene rings is 1. The van der Waals surface area contributed by atoms with Crippen LogP contribution in [0.2, 0.25) is 5.02 Å². The van der Waals surface area contributed by atoms with Crippen molar-refractivity contribution >= 4 is 17.3 Å². The summed E-state index contributed by atoms with van der Waals surface area (Å²) in [6.07, 6.45) is 3.58. The molecule has 0 heterocycles. The lowest BCUT2D eigenvalue weighted by Crippen LogP contribution is -2.17. The second-order valence-electron chi connectivity index (χ2n) is 4.00. The molecule has 1 aromatic carbocycles. The summed E-state index contributed by atoms with van der Waals surface area (Å²) in [5.74, 6) is 0. The number of rotatable bonds is 5. The molecule has 15 heavy (non-hydrogen) atoms. The zero-order chi connectivity index (χ0) is 11.3. The van der Waals surface area contributed by atoms with Crippen LogP contribution in [-0.2, 0) is 0 Å². The van der Waals surface area contributed by atoms with Gasteiger partial charge < -0.3 is 5.32 Å². The molecule has 0 fully saturated rings. The van der Waals surface area contributed by atoms with Gasteiger partial charge in [0.1, 0.15) is 0 Å². The third kappa shape index (κ3) is 3.75. The van der Waals surface area contributed by atoms with Gasteiger partial charge in [0.05, 0.1) is 0 Å². The number of halogens is 1. The Labute approximate surface area is 97.8 Å². The molecule has 0 aliphatic carbocycles. The first-order valence-electron chi connectivity index (χ1n) is 5.70. The summed E-state index contributed by atoms with van der Waals surface area (Å²) in [7, 11) is 0. The highest BCUT2D eigenvalue weighted by Crippen LogP contribution is 2.21. The first-order valence-corrected chi connectivity index (χ1v) is 6.07. The van der Waals surface area contributed by atoms with Crippen molar-refractivity contribution in [3.8, 4) is 0 Å². The zero-order valence-electron chi connectivity index (χ0n) is 9.81. The topological polar surface area (TPSA) is 12.0 Å². The molecule has 2 heteroatoms. The van der Waals surface area contributed by atoms with Gasteiger partial charge in [-0.05, 0) is 37.5 Å². The molecular weight excluding hydrogens is 206 g/mol. The molecule has 1 N–H and O–H groups in total. The SMILES string of the molecule is CCCC(CC)Nc1ccc(C)c(Cl)c1. The van der Waals surface area contributed by atoms with E-state index < -0.39 is 0 Å². The van der Waals surface area contributed by atoms with Crippen molar-refractivity contribution in [3.63, 3.8) is 0 Å². The molecule has 1 rings (SSSR count).